The number of aromatic nitrogens is 2. The lowest BCUT2D eigenvalue weighted by molar-refractivity contribution is -0.274. The molecule has 29 heavy (non-hydrogen) atoms. The van der Waals surface area contributed by atoms with Crippen LogP contribution in [-0.2, 0) is 12.0 Å². The Morgan fingerprint density at radius 3 is 2.38 bits per heavy atom. The van der Waals surface area contributed by atoms with Gasteiger partial charge >= 0.3 is 6.36 Å². The molecule has 0 bridgehead atoms. The smallest absolute Gasteiger partial charge is 0.406 e. The average Bonchev–Trinajstić information content (AvgIpc) is 3.18. The molecular formula is C20H16Cl2F3N3O. The van der Waals surface area contributed by atoms with E-state index in [4.69, 9.17) is 23.2 Å². The SMILES string of the molecule is C[C@@]1(Cc2ccc(OC(F)(F)F)cc2)CN(c2cc(Cl)cc(Cl)c2)c2nccn21. The van der Waals surface area contributed by atoms with E-state index in [1.165, 1.54) is 12.1 Å². The molecule has 0 fully saturated rings. The highest BCUT2D eigenvalue weighted by atomic mass is 35.5. The number of anilines is 2. The van der Waals surface area contributed by atoms with Crippen LogP contribution in [0.4, 0.5) is 24.8 Å². The summed E-state index contributed by atoms with van der Waals surface area (Å²) in [5.74, 6) is 0.513. The number of benzene rings is 2. The van der Waals surface area contributed by atoms with Gasteiger partial charge in [-0.15, -0.1) is 13.2 Å². The van der Waals surface area contributed by atoms with Gasteiger partial charge in [0.25, 0.3) is 0 Å². The molecule has 1 aromatic heterocycles. The monoisotopic (exact) mass is 441 g/mol. The van der Waals surface area contributed by atoms with Gasteiger partial charge in [0, 0.05) is 34.7 Å². The predicted molar refractivity (Wildman–Crippen MR) is 106 cm³/mol. The van der Waals surface area contributed by atoms with Gasteiger partial charge in [-0.25, -0.2) is 4.98 Å². The van der Waals surface area contributed by atoms with Crippen molar-refractivity contribution in [2.75, 3.05) is 11.4 Å². The number of alkyl halides is 3. The van der Waals surface area contributed by atoms with E-state index in [1.54, 1.807) is 24.4 Å². The summed E-state index contributed by atoms with van der Waals surface area (Å²) in [6, 6.07) is 11.2. The van der Waals surface area contributed by atoms with E-state index in [1.807, 2.05) is 23.2 Å². The molecule has 2 aromatic carbocycles. The molecule has 4 rings (SSSR count). The zero-order valence-corrected chi connectivity index (χ0v) is 16.8. The molecule has 0 spiro atoms. The van der Waals surface area contributed by atoms with Gasteiger partial charge in [-0.3, -0.25) is 0 Å². The molecule has 0 N–H and O–H groups in total. The molecule has 0 amide bonds. The normalized spacial score (nSPS) is 18.8. The molecule has 4 nitrogen and oxygen atoms in total. The van der Waals surface area contributed by atoms with E-state index in [9.17, 15) is 13.2 Å². The minimum atomic E-state index is -4.70. The number of hydrogen-bond donors (Lipinski definition) is 0. The molecule has 0 saturated carbocycles. The van der Waals surface area contributed by atoms with E-state index in [-0.39, 0.29) is 11.3 Å². The first kappa shape index (κ1) is 19.9. The van der Waals surface area contributed by atoms with Crippen molar-refractivity contribution in [3.8, 4) is 5.75 Å². The lowest BCUT2D eigenvalue weighted by Crippen LogP contribution is -2.34. The topological polar surface area (TPSA) is 30.3 Å². The lowest BCUT2D eigenvalue weighted by atomic mass is 9.93. The third kappa shape index (κ3) is 4.16. The first-order valence-corrected chi connectivity index (χ1v) is 9.51. The van der Waals surface area contributed by atoms with Gasteiger partial charge in [-0.1, -0.05) is 35.3 Å². The zero-order chi connectivity index (χ0) is 20.8. The van der Waals surface area contributed by atoms with Crippen molar-refractivity contribution < 1.29 is 17.9 Å². The Labute approximate surface area is 175 Å². The Morgan fingerprint density at radius 2 is 1.76 bits per heavy atom. The van der Waals surface area contributed by atoms with Gasteiger partial charge in [0.05, 0.1) is 5.54 Å². The fourth-order valence-electron chi connectivity index (χ4n) is 3.70. The van der Waals surface area contributed by atoms with Crippen LogP contribution in [-0.4, -0.2) is 22.5 Å². The van der Waals surface area contributed by atoms with Crippen LogP contribution in [0.15, 0.2) is 54.9 Å². The molecule has 0 aliphatic carbocycles. The predicted octanol–water partition coefficient (Wildman–Crippen LogP) is 6.20. The second-order valence-corrected chi connectivity index (χ2v) is 8.05. The number of halogens is 5. The number of hydrogen-bond acceptors (Lipinski definition) is 3. The van der Waals surface area contributed by atoms with Crippen molar-refractivity contribution in [2.24, 2.45) is 0 Å². The maximum atomic E-state index is 12.4. The Kier molecular flexibility index (Phi) is 4.91. The number of imidazole rings is 1. The Hall–Kier alpha value is -2.38. The van der Waals surface area contributed by atoms with Crippen LogP contribution in [0.2, 0.25) is 10.0 Å². The van der Waals surface area contributed by atoms with E-state index < -0.39 is 6.36 Å². The van der Waals surface area contributed by atoms with Gasteiger partial charge in [-0.2, -0.15) is 0 Å². The molecule has 1 aliphatic rings. The molecule has 9 heteroatoms. The quantitative estimate of drug-likeness (QED) is 0.482. The molecule has 0 saturated heterocycles. The van der Waals surface area contributed by atoms with E-state index in [2.05, 4.69) is 21.2 Å². The Bertz CT molecular complexity index is 1020. The van der Waals surface area contributed by atoms with Gasteiger partial charge in [0.15, 0.2) is 0 Å². The molecule has 1 atom stereocenters. The Morgan fingerprint density at radius 1 is 1.10 bits per heavy atom. The highest BCUT2D eigenvalue weighted by Gasteiger charge is 2.40. The minimum absolute atomic E-state index is 0.239. The van der Waals surface area contributed by atoms with Crippen LogP contribution in [0, 0.1) is 0 Å². The average molecular weight is 442 g/mol. The third-order valence-corrected chi connectivity index (χ3v) is 5.28. The summed E-state index contributed by atoms with van der Waals surface area (Å²) >= 11 is 12.3. The van der Waals surface area contributed by atoms with Crippen LogP contribution >= 0.6 is 23.2 Å². The summed E-state index contributed by atoms with van der Waals surface area (Å²) < 4.78 is 43.1. The van der Waals surface area contributed by atoms with Crippen molar-refractivity contribution in [1.82, 2.24) is 9.55 Å². The van der Waals surface area contributed by atoms with Crippen LogP contribution < -0.4 is 9.64 Å². The Balaban J connectivity index is 1.60. The molecule has 3 aromatic rings. The maximum absolute atomic E-state index is 12.4. The summed E-state index contributed by atoms with van der Waals surface area (Å²) in [6.45, 7) is 2.68. The summed E-state index contributed by atoms with van der Waals surface area (Å²) in [5, 5.41) is 1.05. The van der Waals surface area contributed by atoms with Crippen molar-refractivity contribution >= 4 is 34.8 Å². The first-order valence-electron chi connectivity index (χ1n) is 8.75. The van der Waals surface area contributed by atoms with Gasteiger partial charge in [0.2, 0.25) is 5.95 Å². The summed E-state index contributed by atoms with van der Waals surface area (Å²) in [6.07, 6.45) is -0.508. The standard InChI is InChI=1S/C20H16Cl2F3N3O/c1-19(11-13-2-4-17(5-3-13)29-20(23,24)25)12-27(18-26-6-7-28(18)19)16-9-14(21)8-15(22)10-16/h2-10H,11-12H2,1H3/t19-/m1/s1. The van der Waals surface area contributed by atoms with E-state index in [0.717, 1.165) is 17.2 Å². The second-order valence-electron chi connectivity index (χ2n) is 7.18. The van der Waals surface area contributed by atoms with Crippen molar-refractivity contribution in [3.63, 3.8) is 0 Å². The van der Waals surface area contributed by atoms with Crippen molar-refractivity contribution in [2.45, 2.75) is 25.2 Å². The van der Waals surface area contributed by atoms with E-state index in [0.29, 0.717) is 23.0 Å². The maximum Gasteiger partial charge on any atom is 0.573 e. The first-order chi connectivity index (χ1) is 13.6. The summed E-state index contributed by atoms with van der Waals surface area (Å²) in [5.41, 5.74) is 1.34. The highest BCUT2D eigenvalue weighted by Crippen LogP contribution is 2.41. The van der Waals surface area contributed by atoms with Crippen LogP contribution in [0.5, 0.6) is 5.75 Å². The molecule has 0 radical (unpaired) electrons. The molecule has 2 heterocycles. The third-order valence-electron chi connectivity index (χ3n) is 4.84. The van der Waals surface area contributed by atoms with Crippen molar-refractivity contribution in [3.05, 3.63) is 70.5 Å². The number of rotatable bonds is 4. The van der Waals surface area contributed by atoms with Crippen LogP contribution in [0.25, 0.3) is 0 Å². The fraction of sp³-hybridized carbons (Fsp3) is 0.250. The molecule has 1 aliphatic heterocycles. The summed E-state index contributed by atoms with van der Waals surface area (Å²) in [7, 11) is 0. The summed E-state index contributed by atoms with van der Waals surface area (Å²) in [4.78, 5) is 6.49. The molecule has 152 valence electrons. The van der Waals surface area contributed by atoms with Crippen LogP contribution in [0.1, 0.15) is 12.5 Å². The van der Waals surface area contributed by atoms with Gasteiger partial charge < -0.3 is 14.2 Å². The lowest BCUT2D eigenvalue weighted by Gasteiger charge is -2.27. The van der Waals surface area contributed by atoms with Crippen LogP contribution in [0.3, 0.4) is 0 Å². The number of ether oxygens (including phenoxy) is 1. The highest BCUT2D eigenvalue weighted by molar-refractivity contribution is 6.35. The number of fused-ring (bicyclic) bond motifs is 1. The second kappa shape index (κ2) is 7.15. The van der Waals surface area contributed by atoms with Gasteiger partial charge in [0.1, 0.15) is 5.75 Å². The fourth-order valence-corrected chi connectivity index (χ4v) is 4.21. The largest absolute Gasteiger partial charge is 0.573 e. The van der Waals surface area contributed by atoms with Gasteiger partial charge in [-0.05, 0) is 49.2 Å². The van der Waals surface area contributed by atoms with E-state index >= 15 is 0 Å². The van der Waals surface area contributed by atoms with Crippen molar-refractivity contribution in [1.29, 1.82) is 0 Å². The minimum Gasteiger partial charge on any atom is -0.406 e. The zero-order valence-electron chi connectivity index (χ0n) is 15.3. The number of nitrogens with zero attached hydrogens (tertiary/aromatic N) is 3. The molecular weight excluding hydrogens is 426 g/mol. The molecule has 0 unspecified atom stereocenters.